The van der Waals surface area contributed by atoms with Crippen molar-refractivity contribution in [3.63, 3.8) is 0 Å². The fourth-order valence-electron chi connectivity index (χ4n) is 4.14. The van der Waals surface area contributed by atoms with Gasteiger partial charge in [-0.15, -0.1) is 0 Å². The molecule has 1 unspecified atom stereocenters. The molecule has 2 saturated heterocycles. The average Bonchev–Trinajstić information content (AvgIpc) is 3.08. The van der Waals surface area contributed by atoms with Gasteiger partial charge in [0.2, 0.25) is 0 Å². The van der Waals surface area contributed by atoms with Gasteiger partial charge in [-0.05, 0) is 55.5 Å². The molecule has 5 heteroatoms. The van der Waals surface area contributed by atoms with Crippen LogP contribution >= 0.6 is 0 Å². The van der Waals surface area contributed by atoms with Crippen molar-refractivity contribution in [1.82, 2.24) is 9.88 Å². The lowest BCUT2D eigenvalue weighted by Gasteiger charge is -2.50. The Morgan fingerprint density at radius 1 is 1.30 bits per heavy atom. The summed E-state index contributed by atoms with van der Waals surface area (Å²) in [6, 6.07) is 11.7. The summed E-state index contributed by atoms with van der Waals surface area (Å²) in [4.78, 5) is 18.6. The zero-order valence-corrected chi connectivity index (χ0v) is 15.8. The van der Waals surface area contributed by atoms with Crippen molar-refractivity contribution < 1.29 is 14.3 Å². The van der Waals surface area contributed by atoms with Gasteiger partial charge in [0.05, 0.1) is 19.7 Å². The van der Waals surface area contributed by atoms with E-state index in [0.29, 0.717) is 32.2 Å². The molecule has 0 aliphatic carbocycles. The molecule has 0 bridgehead atoms. The average molecular weight is 366 g/mol. The van der Waals surface area contributed by atoms with Crippen molar-refractivity contribution >= 4 is 5.91 Å². The first-order valence-corrected chi connectivity index (χ1v) is 9.63. The first-order chi connectivity index (χ1) is 13.2. The number of nitrogens with zero attached hydrogens (tertiary/aromatic N) is 2. The topological polar surface area (TPSA) is 51.7 Å². The fourth-order valence-corrected chi connectivity index (χ4v) is 4.14. The van der Waals surface area contributed by atoms with E-state index in [0.717, 1.165) is 36.1 Å². The highest BCUT2D eigenvalue weighted by Crippen LogP contribution is 2.42. The number of ether oxygens (including phenoxy) is 2. The van der Waals surface area contributed by atoms with Crippen LogP contribution in [-0.2, 0) is 16.1 Å². The van der Waals surface area contributed by atoms with Crippen LogP contribution in [0.1, 0.15) is 34.3 Å². The van der Waals surface area contributed by atoms with Crippen LogP contribution in [0.3, 0.4) is 0 Å². The van der Waals surface area contributed by atoms with E-state index >= 15 is 0 Å². The molecule has 1 amide bonds. The van der Waals surface area contributed by atoms with E-state index < -0.39 is 0 Å². The number of carbonyl (C=O) groups is 1. The lowest BCUT2D eigenvalue weighted by Crippen LogP contribution is -2.66. The van der Waals surface area contributed by atoms with E-state index in [-0.39, 0.29) is 11.5 Å². The largest absolute Gasteiger partial charge is 0.377 e. The van der Waals surface area contributed by atoms with Gasteiger partial charge in [0.1, 0.15) is 5.60 Å². The van der Waals surface area contributed by atoms with Crippen molar-refractivity contribution in [2.24, 2.45) is 5.92 Å². The standard InChI is InChI=1S/C22H26N2O3/c1-17-3-2-4-19(13-17)21(25)24-15-22(16-24)20(8-12-27-22)7-11-26-14-18-5-9-23-10-6-18/h2-6,9-10,13,20H,7-8,11-12,14-16H2,1H3. The summed E-state index contributed by atoms with van der Waals surface area (Å²) in [5.74, 6) is 0.559. The van der Waals surface area contributed by atoms with E-state index in [2.05, 4.69) is 4.98 Å². The molecule has 4 rings (SSSR count). The monoisotopic (exact) mass is 366 g/mol. The number of rotatable bonds is 6. The number of likely N-dealkylation sites (tertiary alicyclic amines) is 1. The SMILES string of the molecule is Cc1cccc(C(=O)N2CC3(C2)OCCC3CCOCc2ccncc2)c1. The minimum atomic E-state index is -0.167. The summed E-state index contributed by atoms with van der Waals surface area (Å²) in [5.41, 5.74) is 2.85. The Kier molecular flexibility index (Phi) is 5.23. The molecule has 1 aromatic heterocycles. The minimum Gasteiger partial charge on any atom is -0.377 e. The van der Waals surface area contributed by atoms with Gasteiger partial charge in [0.15, 0.2) is 0 Å². The van der Waals surface area contributed by atoms with E-state index in [1.54, 1.807) is 12.4 Å². The van der Waals surface area contributed by atoms with E-state index in [9.17, 15) is 4.79 Å². The van der Waals surface area contributed by atoms with Crippen molar-refractivity contribution in [2.75, 3.05) is 26.3 Å². The molecule has 2 aromatic rings. The molecule has 27 heavy (non-hydrogen) atoms. The van der Waals surface area contributed by atoms with Gasteiger partial charge < -0.3 is 14.4 Å². The molecule has 5 nitrogen and oxygen atoms in total. The van der Waals surface area contributed by atoms with Gasteiger partial charge in [0.25, 0.3) is 5.91 Å². The number of aryl methyl sites for hydroxylation is 1. The molecule has 1 aromatic carbocycles. The molecule has 2 aliphatic rings. The summed E-state index contributed by atoms with van der Waals surface area (Å²) in [7, 11) is 0. The van der Waals surface area contributed by atoms with Crippen molar-refractivity contribution in [3.8, 4) is 0 Å². The number of hydrogen-bond donors (Lipinski definition) is 0. The van der Waals surface area contributed by atoms with Crippen LogP contribution in [0.15, 0.2) is 48.8 Å². The van der Waals surface area contributed by atoms with Crippen LogP contribution in [0.5, 0.6) is 0 Å². The molecule has 1 spiro atoms. The number of benzene rings is 1. The third kappa shape index (κ3) is 3.89. The zero-order chi connectivity index (χ0) is 18.7. The molecule has 3 heterocycles. The highest BCUT2D eigenvalue weighted by atomic mass is 16.5. The maximum absolute atomic E-state index is 12.7. The quantitative estimate of drug-likeness (QED) is 0.737. The molecule has 0 saturated carbocycles. The highest BCUT2D eigenvalue weighted by molar-refractivity contribution is 5.95. The fraction of sp³-hybridized carbons (Fsp3) is 0.455. The molecule has 0 N–H and O–H groups in total. The van der Waals surface area contributed by atoms with Crippen LogP contribution in [0.4, 0.5) is 0 Å². The molecule has 1 atom stereocenters. The van der Waals surface area contributed by atoms with Crippen LogP contribution < -0.4 is 0 Å². The predicted octanol–water partition coefficient (Wildman–Crippen LogP) is 3.23. The van der Waals surface area contributed by atoms with E-state index in [1.165, 1.54) is 0 Å². The number of carbonyl (C=O) groups excluding carboxylic acids is 1. The second-order valence-corrected chi connectivity index (χ2v) is 7.63. The maximum atomic E-state index is 12.7. The number of hydrogen-bond acceptors (Lipinski definition) is 4. The summed E-state index contributed by atoms with van der Waals surface area (Å²) >= 11 is 0. The Labute approximate surface area is 160 Å². The van der Waals surface area contributed by atoms with Crippen molar-refractivity contribution in [1.29, 1.82) is 0 Å². The van der Waals surface area contributed by atoms with Crippen LogP contribution in [0.2, 0.25) is 0 Å². The summed E-state index contributed by atoms with van der Waals surface area (Å²) < 4.78 is 11.9. The third-order valence-corrected chi connectivity index (χ3v) is 5.70. The number of pyridine rings is 1. The van der Waals surface area contributed by atoms with Crippen LogP contribution in [0.25, 0.3) is 0 Å². The molecule has 2 aliphatic heterocycles. The Morgan fingerprint density at radius 2 is 2.11 bits per heavy atom. The number of aromatic nitrogens is 1. The Hall–Kier alpha value is -2.24. The lowest BCUT2D eigenvalue weighted by atomic mass is 9.79. The highest BCUT2D eigenvalue weighted by Gasteiger charge is 2.54. The van der Waals surface area contributed by atoms with Crippen molar-refractivity contribution in [3.05, 3.63) is 65.5 Å². The Balaban J connectivity index is 1.27. The van der Waals surface area contributed by atoms with Crippen molar-refractivity contribution in [2.45, 2.75) is 32.0 Å². The molecular weight excluding hydrogens is 340 g/mol. The smallest absolute Gasteiger partial charge is 0.254 e. The van der Waals surface area contributed by atoms with Gasteiger partial charge >= 0.3 is 0 Å². The predicted molar refractivity (Wildman–Crippen MR) is 102 cm³/mol. The zero-order valence-electron chi connectivity index (χ0n) is 15.8. The first-order valence-electron chi connectivity index (χ1n) is 9.63. The molecule has 142 valence electrons. The molecule has 2 fully saturated rings. The van der Waals surface area contributed by atoms with Gasteiger partial charge in [-0.1, -0.05) is 17.7 Å². The summed E-state index contributed by atoms with van der Waals surface area (Å²) in [6.45, 7) is 5.49. The minimum absolute atomic E-state index is 0.104. The van der Waals surface area contributed by atoms with Crippen LogP contribution in [0, 0.1) is 12.8 Å². The number of amides is 1. The molecular formula is C22H26N2O3. The molecule has 0 radical (unpaired) electrons. The Bertz CT molecular complexity index is 787. The van der Waals surface area contributed by atoms with E-state index in [4.69, 9.17) is 9.47 Å². The summed E-state index contributed by atoms with van der Waals surface area (Å²) in [6.07, 6.45) is 5.59. The second-order valence-electron chi connectivity index (χ2n) is 7.63. The lowest BCUT2D eigenvalue weighted by molar-refractivity contribution is -0.120. The second kappa shape index (κ2) is 7.79. The normalized spacial score (nSPS) is 20.6. The van der Waals surface area contributed by atoms with Gasteiger partial charge in [-0.3, -0.25) is 9.78 Å². The Morgan fingerprint density at radius 3 is 2.89 bits per heavy atom. The van der Waals surface area contributed by atoms with Crippen LogP contribution in [-0.4, -0.2) is 47.7 Å². The van der Waals surface area contributed by atoms with Gasteiger partial charge in [-0.2, -0.15) is 0 Å². The summed E-state index contributed by atoms with van der Waals surface area (Å²) in [5, 5.41) is 0. The van der Waals surface area contributed by atoms with Gasteiger partial charge in [0, 0.05) is 31.2 Å². The van der Waals surface area contributed by atoms with Gasteiger partial charge in [-0.25, -0.2) is 0 Å². The first kappa shape index (κ1) is 18.1. The maximum Gasteiger partial charge on any atom is 0.254 e. The van der Waals surface area contributed by atoms with E-state index in [1.807, 2.05) is 48.2 Å². The third-order valence-electron chi connectivity index (χ3n) is 5.70.